The third kappa shape index (κ3) is 4.50. The first kappa shape index (κ1) is 13.6. The van der Waals surface area contributed by atoms with Crippen LogP contribution in [0.1, 0.15) is 18.9 Å². The van der Waals surface area contributed by atoms with Gasteiger partial charge in [-0.05, 0) is 30.5 Å². The SMILES string of the molecule is CCC(Cc1ccc(Cl)c(O)c1)NNC(=O)O. The highest BCUT2D eigenvalue weighted by Gasteiger charge is 2.09. The van der Waals surface area contributed by atoms with Crippen LogP contribution in [-0.2, 0) is 6.42 Å². The van der Waals surface area contributed by atoms with E-state index in [4.69, 9.17) is 16.7 Å². The van der Waals surface area contributed by atoms with Crippen LogP contribution in [0.15, 0.2) is 18.2 Å². The Morgan fingerprint density at radius 3 is 2.76 bits per heavy atom. The van der Waals surface area contributed by atoms with Gasteiger partial charge in [-0.25, -0.2) is 10.2 Å². The maximum atomic E-state index is 10.3. The minimum Gasteiger partial charge on any atom is -0.506 e. The number of phenols is 1. The van der Waals surface area contributed by atoms with Crippen molar-refractivity contribution in [3.05, 3.63) is 28.8 Å². The molecule has 0 saturated heterocycles. The number of aromatic hydroxyl groups is 1. The Hall–Kier alpha value is -1.46. The molecule has 94 valence electrons. The molecule has 1 atom stereocenters. The number of hydrogen-bond donors (Lipinski definition) is 4. The van der Waals surface area contributed by atoms with Gasteiger partial charge in [-0.3, -0.25) is 5.43 Å². The second kappa shape index (κ2) is 6.32. The molecule has 1 aromatic carbocycles. The fourth-order valence-electron chi connectivity index (χ4n) is 1.43. The molecule has 1 unspecified atom stereocenters. The first-order chi connectivity index (χ1) is 8.02. The third-order valence-corrected chi connectivity index (χ3v) is 2.69. The minimum atomic E-state index is -1.12. The number of phenolic OH excluding ortho intramolecular Hbond substituents is 1. The zero-order valence-electron chi connectivity index (χ0n) is 9.40. The summed E-state index contributed by atoms with van der Waals surface area (Å²) in [6, 6.07) is 4.95. The fraction of sp³-hybridized carbons (Fsp3) is 0.364. The van der Waals surface area contributed by atoms with Crippen LogP contribution in [0, 0.1) is 0 Å². The summed E-state index contributed by atoms with van der Waals surface area (Å²) in [6.07, 6.45) is 0.230. The lowest BCUT2D eigenvalue weighted by Crippen LogP contribution is -2.44. The predicted octanol–water partition coefficient (Wildman–Crippen LogP) is 2.14. The summed E-state index contributed by atoms with van der Waals surface area (Å²) >= 11 is 5.70. The van der Waals surface area contributed by atoms with E-state index < -0.39 is 6.09 Å². The topological polar surface area (TPSA) is 81.6 Å². The third-order valence-electron chi connectivity index (χ3n) is 2.37. The molecule has 4 N–H and O–H groups in total. The van der Waals surface area contributed by atoms with Gasteiger partial charge in [-0.2, -0.15) is 0 Å². The first-order valence-electron chi connectivity index (χ1n) is 5.24. The molecule has 5 nitrogen and oxygen atoms in total. The van der Waals surface area contributed by atoms with Gasteiger partial charge in [0.05, 0.1) is 5.02 Å². The second-order valence-corrected chi connectivity index (χ2v) is 4.08. The van der Waals surface area contributed by atoms with Gasteiger partial charge in [0.25, 0.3) is 0 Å². The molecule has 1 rings (SSSR count). The Morgan fingerprint density at radius 1 is 1.53 bits per heavy atom. The normalized spacial score (nSPS) is 12.1. The molecular weight excluding hydrogens is 244 g/mol. The van der Waals surface area contributed by atoms with E-state index >= 15 is 0 Å². The van der Waals surface area contributed by atoms with Gasteiger partial charge < -0.3 is 10.2 Å². The number of nitrogens with one attached hydrogen (secondary N) is 2. The summed E-state index contributed by atoms with van der Waals surface area (Å²) in [5.74, 6) is 0.0326. The largest absolute Gasteiger partial charge is 0.506 e. The Balaban J connectivity index is 2.60. The van der Waals surface area contributed by atoms with Gasteiger partial charge >= 0.3 is 6.09 Å². The van der Waals surface area contributed by atoms with Crippen LogP contribution in [0.4, 0.5) is 4.79 Å². The zero-order chi connectivity index (χ0) is 12.8. The smallest absolute Gasteiger partial charge is 0.419 e. The predicted molar refractivity (Wildman–Crippen MR) is 65.2 cm³/mol. The molecule has 6 heteroatoms. The van der Waals surface area contributed by atoms with Crippen LogP contribution in [0.25, 0.3) is 0 Å². The first-order valence-corrected chi connectivity index (χ1v) is 5.62. The van der Waals surface area contributed by atoms with Crippen molar-refractivity contribution in [1.29, 1.82) is 0 Å². The lowest BCUT2D eigenvalue weighted by atomic mass is 10.0. The van der Waals surface area contributed by atoms with Gasteiger partial charge in [0.15, 0.2) is 0 Å². The van der Waals surface area contributed by atoms with Crippen LogP contribution in [0.5, 0.6) is 5.75 Å². The molecule has 0 radical (unpaired) electrons. The number of carboxylic acid groups (broad SMARTS) is 1. The van der Waals surface area contributed by atoms with Crippen molar-refractivity contribution in [2.45, 2.75) is 25.8 Å². The molecule has 1 aromatic rings. The molecule has 1 amide bonds. The number of halogens is 1. The van der Waals surface area contributed by atoms with Crippen LogP contribution in [-0.4, -0.2) is 22.3 Å². The molecule has 0 aliphatic rings. The molecule has 17 heavy (non-hydrogen) atoms. The number of hydrazine groups is 1. The lowest BCUT2D eigenvalue weighted by molar-refractivity contribution is 0.186. The highest BCUT2D eigenvalue weighted by molar-refractivity contribution is 6.31. The number of rotatable bonds is 5. The fourth-order valence-corrected chi connectivity index (χ4v) is 1.55. The van der Waals surface area contributed by atoms with Crippen molar-refractivity contribution in [2.75, 3.05) is 0 Å². The van der Waals surface area contributed by atoms with Crippen molar-refractivity contribution in [3.8, 4) is 5.75 Å². The molecule has 0 aliphatic heterocycles. The number of benzene rings is 1. The second-order valence-electron chi connectivity index (χ2n) is 3.67. The van der Waals surface area contributed by atoms with Crippen LogP contribution < -0.4 is 10.9 Å². The van der Waals surface area contributed by atoms with E-state index in [-0.39, 0.29) is 11.8 Å². The molecule has 0 spiro atoms. The maximum absolute atomic E-state index is 10.3. The van der Waals surface area contributed by atoms with Gasteiger partial charge in [-0.15, -0.1) is 0 Å². The van der Waals surface area contributed by atoms with Crippen LogP contribution in [0.3, 0.4) is 0 Å². The van der Waals surface area contributed by atoms with Crippen molar-refractivity contribution in [3.63, 3.8) is 0 Å². The Labute approximate surface area is 104 Å². The van der Waals surface area contributed by atoms with Crippen molar-refractivity contribution in [2.24, 2.45) is 0 Å². The summed E-state index contributed by atoms with van der Waals surface area (Å²) in [7, 11) is 0. The van der Waals surface area contributed by atoms with E-state index in [1.807, 2.05) is 6.92 Å². The Morgan fingerprint density at radius 2 is 2.24 bits per heavy atom. The minimum absolute atomic E-state index is 0.0326. The van der Waals surface area contributed by atoms with E-state index in [0.29, 0.717) is 11.4 Å². The Kier molecular flexibility index (Phi) is 5.06. The van der Waals surface area contributed by atoms with Crippen LogP contribution in [0.2, 0.25) is 5.02 Å². The van der Waals surface area contributed by atoms with Gasteiger partial charge in [0, 0.05) is 6.04 Å². The van der Waals surface area contributed by atoms with Gasteiger partial charge in [0.2, 0.25) is 0 Å². The number of amides is 1. The van der Waals surface area contributed by atoms with Crippen molar-refractivity contribution >= 4 is 17.7 Å². The molecule has 0 heterocycles. The van der Waals surface area contributed by atoms with E-state index in [0.717, 1.165) is 12.0 Å². The zero-order valence-corrected chi connectivity index (χ0v) is 10.2. The monoisotopic (exact) mass is 258 g/mol. The lowest BCUT2D eigenvalue weighted by Gasteiger charge is -2.16. The molecule has 0 aliphatic carbocycles. The van der Waals surface area contributed by atoms with Crippen LogP contribution >= 0.6 is 11.6 Å². The van der Waals surface area contributed by atoms with Crippen molar-refractivity contribution < 1.29 is 15.0 Å². The highest BCUT2D eigenvalue weighted by atomic mass is 35.5. The molecule has 0 bridgehead atoms. The number of carbonyl (C=O) groups is 1. The van der Waals surface area contributed by atoms with Gasteiger partial charge in [-0.1, -0.05) is 24.6 Å². The summed E-state index contributed by atoms with van der Waals surface area (Å²) < 4.78 is 0. The molecular formula is C11H15ClN2O3. The Bertz CT molecular complexity index is 398. The molecule has 0 saturated carbocycles. The summed E-state index contributed by atoms with van der Waals surface area (Å²) in [6.45, 7) is 1.94. The quantitative estimate of drug-likeness (QED) is 0.610. The van der Waals surface area contributed by atoms with E-state index in [1.165, 1.54) is 0 Å². The average molecular weight is 259 g/mol. The molecule has 0 fully saturated rings. The average Bonchev–Trinajstić information content (AvgIpc) is 2.28. The highest BCUT2D eigenvalue weighted by Crippen LogP contribution is 2.24. The van der Waals surface area contributed by atoms with Gasteiger partial charge in [0.1, 0.15) is 5.75 Å². The van der Waals surface area contributed by atoms with E-state index in [1.54, 1.807) is 18.2 Å². The molecule has 0 aromatic heterocycles. The van der Waals surface area contributed by atoms with E-state index in [9.17, 15) is 9.90 Å². The van der Waals surface area contributed by atoms with E-state index in [2.05, 4.69) is 10.9 Å². The standard InChI is InChI=1S/C11H15ClN2O3/c1-2-8(13-14-11(16)17)5-7-3-4-9(12)10(15)6-7/h3-4,6,8,13-15H,2,5H2,1H3,(H,16,17). The number of hydrogen-bond acceptors (Lipinski definition) is 3. The summed E-state index contributed by atoms with van der Waals surface area (Å²) in [4.78, 5) is 10.3. The maximum Gasteiger partial charge on any atom is 0.419 e. The summed E-state index contributed by atoms with van der Waals surface area (Å²) in [5.41, 5.74) is 5.70. The van der Waals surface area contributed by atoms with Crippen molar-refractivity contribution in [1.82, 2.24) is 10.9 Å². The summed E-state index contributed by atoms with van der Waals surface area (Å²) in [5, 5.41) is 18.2.